The fourth-order valence-electron chi connectivity index (χ4n) is 2.33. The summed E-state index contributed by atoms with van der Waals surface area (Å²) < 4.78 is 2.28. The number of aryl methyl sites for hydroxylation is 2. The molecule has 2 nitrogen and oxygen atoms in total. The van der Waals surface area contributed by atoms with Gasteiger partial charge in [-0.2, -0.15) is 0 Å². The number of nitrogens with zero attached hydrogens (tertiary/aromatic N) is 2. The van der Waals surface area contributed by atoms with Crippen molar-refractivity contribution in [1.29, 1.82) is 0 Å². The maximum absolute atomic E-state index is 4.25. The number of aromatic nitrogens is 2. The third-order valence-electron chi connectivity index (χ3n) is 3.21. The zero-order valence-corrected chi connectivity index (χ0v) is 10.7. The van der Waals surface area contributed by atoms with Crippen molar-refractivity contribution in [1.82, 2.24) is 9.55 Å². The molecule has 0 saturated heterocycles. The van der Waals surface area contributed by atoms with E-state index in [1.807, 2.05) is 12.4 Å². The van der Waals surface area contributed by atoms with Crippen LogP contribution in [0.2, 0.25) is 0 Å². The molecule has 0 N–H and O–H groups in total. The predicted molar refractivity (Wildman–Crippen MR) is 74.8 cm³/mol. The van der Waals surface area contributed by atoms with Gasteiger partial charge in [-0.05, 0) is 48.1 Å². The summed E-state index contributed by atoms with van der Waals surface area (Å²) in [6.45, 7) is 5.08. The predicted octanol–water partition coefficient (Wildman–Crippen LogP) is 3.70. The second-order valence-electron chi connectivity index (χ2n) is 4.88. The first kappa shape index (κ1) is 11.0. The fraction of sp³-hybridized carbons (Fsp3) is 0.188. The molecule has 1 aromatic carbocycles. The average Bonchev–Trinajstić information content (AvgIpc) is 2.72. The first-order valence-electron chi connectivity index (χ1n) is 6.18. The molecule has 0 bridgehead atoms. The molecule has 0 unspecified atom stereocenters. The van der Waals surface area contributed by atoms with Crippen LogP contribution in [0.5, 0.6) is 0 Å². The lowest BCUT2D eigenvalue weighted by Gasteiger charge is -2.06. The minimum absolute atomic E-state index is 0.877. The van der Waals surface area contributed by atoms with E-state index in [4.69, 9.17) is 0 Å². The quantitative estimate of drug-likeness (QED) is 0.663. The highest BCUT2D eigenvalue weighted by Gasteiger charge is 2.02. The summed E-state index contributed by atoms with van der Waals surface area (Å²) in [6, 6.07) is 10.9. The van der Waals surface area contributed by atoms with Gasteiger partial charge in [0, 0.05) is 30.7 Å². The largest absolute Gasteiger partial charge is 0.343 e. The third-order valence-corrected chi connectivity index (χ3v) is 3.21. The molecule has 2 heterocycles. The van der Waals surface area contributed by atoms with Crippen LogP contribution in [0.3, 0.4) is 0 Å². The summed E-state index contributed by atoms with van der Waals surface area (Å²) in [7, 11) is 0. The van der Waals surface area contributed by atoms with E-state index in [-0.39, 0.29) is 0 Å². The molecule has 0 aliphatic heterocycles. The van der Waals surface area contributed by atoms with E-state index in [9.17, 15) is 0 Å². The van der Waals surface area contributed by atoms with Crippen LogP contribution in [-0.4, -0.2) is 9.55 Å². The van der Waals surface area contributed by atoms with Gasteiger partial charge in [-0.15, -0.1) is 0 Å². The van der Waals surface area contributed by atoms with Gasteiger partial charge in [0.2, 0.25) is 0 Å². The fourth-order valence-corrected chi connectivity index (χ4v) is 2.33. The molecule has 2 aromatic heterocycles. The lowest BCUT2D eigenvalue weighted by Crippen LogP contribution is -1.98. The van der Waals surface area contributed by atoms with Crippen molar-refractivity contribution in [3.05, 3.63) is 65.6 Å². The Bertz CT molecular complexity index is 695. The zero-order valence-electron chi connectivity index (χ0n) is 10.7. The molecular weight excluding hydrogens is 220 g/mol. The molecule has 0 aliphatic carbocycles. The van der Waals surface area contributed by atoms with Crippen LogP contribution in [0, 0.1) is 13.8 Å². The molecular formula is C16H16N2. The Morgan fingerprint density at radius 3 is 2.72 bits per heavy atom. The molecule has 0 fully saturated rings. The van der Waals surface area contributed by atoms with Crippen molar-refractivity contribution in [2.24, 2.45) is 0 Å². The molecule has 90 valence electrons. The molecule has 0 aliphatic rings. The lowest BCUT2D eigenvalue weighted by atomic mass is 10.2. The first-order chi connectivity index (χ1) is 8.72. The topological polar surface area (TPSA) is 17.8 Å². The molecule has 0 spiro atoms. The van der Waals surface area contributed by atoms with Crippen LogP contribution in [0.4, 0.5) is 0 Å². The van der Waals surface area contributed by atoms with Crippen LogP contribution in [0.15, 0.2) is 48.9 Å². The van der Waals surface area contributed by atoms with Gasteiger partial charge in [0.1, 0.15) is 0 Å². The van der Waals surface area contributed by atoms with Crippen LogP contribution in [0.1, 0.15) is 16.7 Å². The molecule has 0 amide bonds. The van der Waals surface area contributed by atoms with E-state index in [0.717, 1.165) is 6.54 Å². The number of rotatable bonds is 2. The second-order valence-corrected chi connectivity index (χ2v) is 4.88. The molecule has 3 rings (SSSR count). The van der Waals surface area contributed by atoms with Crippen molar-refractivity contribution < 1.29 is 0 Å². The Morgan fingerprint density at radius 2 is 1.89 bits per heavy atom. The van der Waals surface area contributed by atoms with Crippen molar-refractivity contribution in [2.75, 3.05) is 0 Å². The first-order valence-corrected chi connectivity index (χ1v) is 6.18. The minimum Gasteiger partial charge on any atom is -0.343 e. The minimum atomic E-state index is 0.877. The van der Waals surface area contributed by atoms with Gasteiger partial charge >= 0.3 is 0 Å². The Morgan fingerprint density at radius 1 is 1.00 bits per heavy atom. The smallest absolute Gasteiger partial charge is 0.0491 e. The summed E-state index contributed by atoms with van der Waals surface area (Å²) in [5.74, 6) is 0. The maximum atomic E-state index is 4.25. The molecule has 2 heteroatoms. The van der Waals surface area contributed by atoms with Crippen LogP contribution >= 0.6 is 0 Å². The Labute approximate surface area is 107 Å². The Kier molecular flexibility index (Phi) is 2.63. The third kappa shape index (κ3) is 2.02. The normalized spacial score (nSPS) is 11.0. The molecule has 0 atom stereocenters. The standard InChI is InChI=1S/C16H16N2/c1-12-3-4-15-5-6-18(16(15)8-12)11-14-7-13(2)9-17-10-14/h3-10H,11H2,1-2H3. The number of benzene rings is 1. The van der Waals surface area contributed by atoms with Gasteiger partial charge in [-0.1, -0.05) is 18.2 Å². The summed E-state index contributed by atoms with van der Waals surface area (Å²) in [6.07, 6.45) is 5.97. The van der Waals surface area contributed by atoms with E-state index in [1.165, 1.54) is 27.6 Å². The second kappa shape index (κ2) is 4.30. The highest BCUT2D eigenvalue weighted by atomic mass is 15.0. The monoisotopic (exact) mass is 236 g/mol. The van der Waals surface area contributed by atoms with Gasteiger partial charge in [0.05, 0.1) is 0 Å². The lowest BCUT2D eigenvalue weighted by molar-refractivity contribution is 0.830. The van der Waals surface area contributed by atoms with Gasteiger partial charge in [-0.3, -0.25) is 4.98 Å². The number of pyridine rings is 1. The van der Waals surface area contributed by atoms with E-state index < -0.39 is 0 Å². The highest BCUT2D eigenvalue weighted by Crippen LogP contribution is 2.18. The van der Waals surface area contributed by atoms with Crippen LogP contribution < -0.4 is 0 Å². The number of hydrogen-bond acceptors (Lipinski definition) is 1. The summed E-state index contributed by atoms with van der Waals surface area (Å²) in [5.41, 5.74) is 5.04. The van der Waals surface area contributed by atoms with Crippen molar-refractivity contribution in [2.45, 2.75) is 20.4 Å². The summed E-state index contributed by atoms with van der Waals surface area (Å²) >= 11 is 0. The highest BCUT2D eigenvalue weighted by molar-refractivity contribution is 5.80. The Balaban J connectivity index is 2.02. The van der Waals surface area contributed by atoms with Crippen LogP contribution in [0.25, 0.3) is 10.9 Å². The van der Waals surface area contributed by atoms with Crippen molar-refractivity contribution >= 4 is 10.9 Å². The summed E-state index contributed by atoms with van der Waals surface area (Å²) in [5, 5.41) is 1.29. The number of fused-ring (bicyclic) bond motifs is 1. The van der Waals surface area contributed by atoms with E-state index in [0.29, 0.717) is 0 Å². The van der Waals surface area contributed by atoms with Crippen molar-refractivity contribution in [3.8, 4) is 0 Å². The molecule has 0 saturated carbocycles. The van der Waals surface area contributed by atoms with E-state index in [1.54, 1.807) is 0 Å². The maximum Gasteiger partial charge on any atom is 0.0491 e. The van der Waals surface area contributed by atoms with Crippen molar-refractivity contribution in [3.63, 3.8) is 0 Å². The number of hydrogen-bond donors (Lipinski definition) is 0. The molecule has 0 radical (unpaired) electrons. The zero-order chi connectivity index (χ0) is 12.5. The van der Waals surface area contributed by atoms with Gasteiger partial charge in [0.15, 0.2) is 0 Å². The van der Waals surface area contributed by atoms with Gasteiger partial charge in [0.25, 0.3) is 0 Å². The van der Waals surface area contributed by atoms with Gasteiger partial charge < -0.3 is 4.57 Å². The van der Waals surface area contributed by atoms with E-state index >= 15 is 0 Å². The van der Waals surface area contributed by atoms with E-state index in [2.05, 4.69) is 59.9 Å². The molecule has 3 aromatic rings. The average molecular weight is 236 g/mol. The van der Waals surface area contributed by atoms with Crippen LogP contribution in [-0.2, 0) is 6.54 Å². The summed E-state index contributed by atoms with van der Waals surface area (Å²) in [4.78, 5) is 4.25. The Hall–Kier alpha value is -2.09. The SMILES string of the molecule is Cc1cncc(Cn2ccc3ccc(C)cc32)c1. The molecule has 18 heavy (non-hydrogen) atoms. The van der Waals surface area contributed by atoms with Gasteiger partial charge in [-0.25, -0.2) is 0 Å².